The van der Waals surface area contributed by atoms with Gasteiger partial charge in [-0.3, -0.25) is 9.78 Å². The van der Waals surface area contributed by atoms with E-state index in [-0.39, 0.29) is 11.9 Å². The maximum Gasteiger partial charge on any atom is 0.319 e. The van der Waals surface area contributed by atoms with E-state index in [1.54, 1.807) is 31.5 Å². The van der Waals surface area contributed by atoms with E-state index >= 15 is 0 Å². The molecule has 166 valence electrons. The van der Waals surface area contributed by atoms with Crippen LogP contribution in [0.5, 0.6) is 5.75 Å². The molecule has 0 aliphatic heterocycles. The Morgan fingerprint density at radius 3 is 2.06 bits per heavy atom. The van der Waals surface area contributed by atoms with Crippen molar-refractivity contribution in [1.82, 2.24) is 15.6 Å². The molecular weight excluding hydrogens is 404 g/mol. The van der Waals surface area contributed by atoms with Crippen LogP contribution in [0.25, 0.3) is 0 Å². The molecule has 3 rings (SSSR count). The molecule has 1 heterocycles. The number of amides is 3. The van der Waals surface area contributed by atoms with Crippen molar-refractivity contribution in [2.24, 2.45) is 0 Å². The van der Waals surface area contributed by atoms with Crippen LogP contribution < -0.4 is 20.7 Å². The van der Waals surface area contributed by atoms with E-state index < -0.39 is 0 Å². The number of methoxy groups -OCH3 is 1. The van der Waals surface area contributed by atoms with Gasteiger partial charge in [-0.05, 0) is 53.4 Å². The molecule has 3 N–H and O–H groups in total. The second-order valence-corrected chi connectivity index (χ2v) is 7.66. The van der Waals surface area contributed by atoms with Crippen LogP contribution in [0.1, 0.15) is 46.9 Å². The van der Waals surface area contributed by atoms with Gasteiger partial charge in [0, 0.05) is 30.7 Å². The quantitative estimate of drug-likeness (QED) is 0.490. The van der Waals surface area contributed by atoms with E-state index in [1.807, 2.05) is 42.5 Å². The van der Waals surface area contributed by atoms with Crippen LogP contribution in [0.2, 0.25) is 0 Å². The number of benzene rings is 2. The van der Waals surface area contributed by atoms with Crippen molar-refractivity contribution in [2.45, 2.75) is 32.9 Å². The van der Waals surface area contributed by atoms with Crippen molar-refractivity contribution in [3.05, 3.63) is 89.2 Å². The average Bonchev–Trinajstić information content (AvgIpc) is 2.82. The van der Waals surface area contributed by atoms with Crippen LogP contribution in [-0.2, 0) is 13.1 Å². The summed E-state index contributed by atoms with van der Waals surface area (Å²) >= 11 is 0. The molecule has 0 fully saturated rings. The van der Waals surface area contributed by atoms with Crippen molar-refractivity contribution in [1.29, 1.82) is 0 Å². The lowest BCUT2D eigenvalue weighted by Gasteiger charge is -2.10. The normalized spacial score (nSPS) is 10.5. The minimum Gasteiger partial charge on any atom is -0.497 e. The summed E-state index contributed by atoms with van der Waals surface area (Å²) in [4.78, 5) is 28.8. The highest BCUT2D eigenvalue weighted by Gasteiger charge is 2.08. The van der Waals surface area contributed by atoms with E-state index in [4.69, 9.17) is 4.74 Å². The first kappa shape index (κ1) is 22.8. The van der Waals surface area contributed by atoms with Gasteiger partial charge >= 0.3 is 6.03 Å². The van der Waals surface area contributed by atoms with Crippen molar-refractivity contribution in [3.8, 4) is 5.75 Å². The lowest BCUT2D eigenvalue weighted by molar-refractivity contribution is 0.0950. The maximum atomic E-state index is 12.3. The number of anilines is 1. The van der Waals surface area contributed by atoms with E-state index in [1.165, 1.54) is 0 Å². The fraction of sp³-hybridized carbons (Fsp3) is 0.240. The largest absolute Gasteiger partial charge is 0.497 e. The topological polar surface area (TPSA) is 92.4 Å². The third-order valence-electron chi connectivity index (χ3n) is 4.92. The zero-order valence-corrected chi connectivity index (χ0v) is 18.5. The van der Waals surface area contributed by atoms with Gasteiger partial charge in [-0.15, -0.1) is 0 Å². The highest BCUT2D eigenvalue weighted by molar-refractivity contribution is 5.93. The summed E-state index contributed by atoms with van der Waals surface area (Å²) in [5.74, 6) is 0.923. The summed E-state index contributed by atoms with van der Waals surface area (Å²) in [6, 6.07) is 18.2. The van der Waals surface area contributed by atoms with Crippen LogP contribution in [0, 0.1) is 0 Å². The van der Waals surface area contributed by atoms with Gasteiger partial charge in [-0.2, -0.15) is 0 Å². The van der Waals surface area contributed by atoms with Crippen LogP contribution in [0.4, 0.5) is 10.5 Å². The van der Waals surface area contributed by atoms with E-state index in [9.17, 15) is 9.59 Å². The summed E-state index contributed by atoms with van der Waals surface area (Å²) in [5, 5.41) is 8.49. The molecule has 0 saturated carbocycles. The number of nitrogens with zero attached hydrogens (tertiary/aromatic N) is 1. The Labute approximate surface area is 188 Å². The highest BCUT2D eigenvalue weighted by atomic mass is 16.5. The predicted molar refractivity (Wildman–Crippen MR) is 125 cm³/mol. The Kier molecular flexibility index (Phi) is 7.80. The average molecular weight is 433 g/mol. The molecule has 0 aliphatic carbocycles. The molecule has 3 amide bonds. The van der Waals surface area contributed by atoms with Crippen molar-refractivity contribution >= 4 is 17.6 Å². The Hall–Kier alpha value is -3.87. The first-order valence-electron chi connectivity index (χ1n) is 10.5. The number of ether oxygens (including phenoxy) is 1. The van der Waals surface area contributed by atoms with Crippen molar-refractivity contribution < 1.29 is 14.3 Å². The van der Waals surface area contributed by atoms with Crippen LogP contribution in [-0.4, -0.2) is 24.0 Å². The number of carbonyl (C=O) groups excluding carboxylic acids is 2. The summed E-state index contributed by atoms with van der Waals surface area (Å²) in [6.07, 6.45) is 1.60. The number of pyridine rings is 1. The number of hydrogen-bond acceptors (Lipinski definition) is 4. The number of nitrogens with one attached hydrogen (secondary N) is 3. The number of hydrogen-bond donors (Lipinski definition) is 3. The lowest BCUT2D eigenvalue weighted by Crippen LogP contribution is -2.28. The molecule has 0 atom stereocenters. The SMILES string of the molecule is COc1ccc(CNC(=O)Nc2ccc(CNC(=O)c3ccc(C(C)C)nc3)cc2)cc1. The van der Waals surface area contributed by atoms with Crippen LogP contribution >= 0.6 is 0 Å². The predicted octanol–water partition coefficient (Wildman–Crippen LogP) is 4.47. The highest BCUT2D eigenvalue weighted by Crippen LogP contribution is 2.13. The smallest absolute Gasteiger partial charge is 0.319 e. The molecule has 0 aliphatic rings. The van der Waals surface area contributed by atoms with E-state index in [0.717, 1.165) is 22.6 Å². The van der Waals surface area contributed by atoms with E-state index in [0.29, 0.717) is 30.3 Å². The van der Waals surface area contributed by atoms with Crippen molar-refractivity contribution in [3.63, 3.8) is 0 Å². The zero-order valence-electron chi connectivity index (χ0n) is 18.5. The summed E-state index contributed by atoms with van der Waals surface area (Å²) < 4.78 is 5.12. The summed E-state index contributed by atoms with van der Waals surface area (Å²) in [5.41, 5.74) is 4.05. The second-order valence-electron chi connectivity index (χ2n) is 7.66. The monoisotopic (exact) mass is 432 g/mol. The maximum absolute atomic E-state index is 12.3. The van der Waals surface area contributed by atoms with Gasteiger partial charge < -0.3 is 20.7 Å². The van der Waals surface area contributed by atoms with Gasteiger partial charge in [-0.25, -0.2) is 4.79 Å². The fourth-order valence-electron chi connectivity index (χ4n) is 2.97. The Morgan fingerprint density at radius 2 is 1.50 bits per heavy atom. The third-order valence-corrected chi connectivity index (χ3v) is 4.92. The standard InChI is InChI=1S/C25H28N4O3/c1-17(2)23-13-8-20(16-26-23)24(30)27-14-18-4-9-21(10-5-18)29-25(31)28-15-19-6-11-22(32-3)12-7-19/h4-13,16-17H,14-15H2,1-3H3,(H,27,30)(H2,28,29,31). The lowest BCUT2D eigenvalue weighted by atomic mass is 10.1. The number of urea groups is 1. The third kappa shape index (κ3) is 6.57. The molecule has 7 heteroatoms. The molecular formula is C25H28N4O3. The van der Waals surface area contributed by atoms with Gasteiger partial charge in [-0.1, -0.05) is 38.1 Å². The zero-order chi connectivity index (χ0) is 22.9. The Bertz CT molecular complexity index is 1030. The minimum absolute atomic E-state index is 0.173. The van der Waals surface area contributed by atoms with E-state index in [2.05, 4.69) is 34.8 Å². The second kappa shape index (κ2) is 10.9. The molecule has 32 heavy (non-hydrogen) atoms. The van der Waals surface area contributed by atoms with Gasteiger partial charge in [0.2, 0.25) is 0 Å². The molecule has 0 saturated heterocycles. The molecule has 7 nitrogen and oxygen atoms in total. The molecule has 2 aromatic carbocycles. The fourth-order valence-corrected chi connectivity index (χ4v) is 2.97. The number of aromatic nitrogens is 1. The molecule has 0 radical (unpaired) electrons. The molecule has 1 aromatic heterocycles. The molecule has 0 unspecified atom stereocenters. The minimum atomic E-state index is -0.292. The number of rotatable bonds is 8. The Balaban J connectivity index is 1.44. The number of carbonyl (C=O) groups is 2. The molecule has 3 aromatic rings. The van der Waals surface area contributed by atoms with Gasteiger partial charge in [0.15, 0.2) is 0 Å². The van der Waals surface area contributed by atoms with Gasteiger partial charge in [0.05, 0.1) is 12.7 Å². The summed E-state index contributed by atoms with van der Waals surface area (Å²) in [7, 11) is 1.61. The first-order chi connectivity index (χ1) is 15.4. The molecule has 0 spiro atoms. The molecule has 0 bridgehead atoms. The summed E-state index contributed by atoms with van der Waals surface area (Å²) in [6.45, 7) is 4.91. The van der Waals surface area contributed by atoms with Crippen LogP contribution in [0.3, 0.4) is 0 Å². The first-order valence-corrected chi connectivity index (χ1v) is 10.5. The Morgan fingerprint density at radius 1 is 0.875 bits per heavy atom. The van der Waals surface area contributed by atoms with Gasteiger partial charge in [0.25, 0.3) is 5.91 Å². The van der Waals surface area contributed by atoms with Crippen LogP contribution in [0.15, 0.2) is 66.9 Å². The van der Waals surface area contributed by atoms with Gasteiger partial charge in [0.1, 0.15) is 5.75 Å². The van der Waals surface area contributed by atoms with Crippen molar-refractivity contribution in [2.75, 3.05) is 12.4 Å².